The standard InChI is InChI=1S/C26H27N5O2/c1-26(2)25(33)31(15-16-13-30(14-16)24(32)19-11-12-19)23(27-26)18-9-7-17(8-10-18)22-20-5-3-4-6-21(20)28-29-22/h3-10,16,19H,11-15H2,1-2H3,(H,28,29). The maximum Gasteiger partial charge on any atom is 0.255 e. The second kappa shape index (κ2) is 7.27. The number of rotatable bonds is 5. The molecule has 0 unspecified atom stereocenters. The molecule has 1 saturated heterocycles. The molecule has 1 aromatic heterocycles. The molecule has 6 rings (SSSR count). The number of likely N-dealkylation sites (tertiary alicyclic amines) is 1. The lowest BCUT2D eigenvalue weighted by molar-refractivity contribution is -0.140. The fourth-order valence-electron chi connectivity index (χ4n) is 4.86. The van der Waals surface area contributed by atoms with Crippen LogP contribution in [-0.4, -0.2) is 62.8 Å². The minimum Gasteiger partial charge on any atom is -0.342 e. The van der Waals surface area contributed by atoms with E-state index in [1.165, 1.54) is 0 Å². The van der Waals surface area contributed by atoms with Crippen molar-refractivity contribution in [1.82, 2.24) is 20.0 Å². The molecular weight excluding hydrogens is 414 g/mol. The Morgan fingerprint density at radius 1 is 1.06 bits per heavy atom. The Bertz CT molecular complexity index is 1280. The summed E-state index contributed by atoms with van der Waals surface area (Å²) in [4.78, 5) is 33.9. The zero-order valence-corrected chi connectivity index (χ0v) is 18.9. The number of fused-ring (bicyclic) bond motifs is 1. The molecule has 3 aliphatic rings. The summed E-state index contributed by atoms with van der Waals surface area (Å²) in [6, 6.07) is 16.2. The molecular formula is C26H27N5O2. The number of hydrogen-bond donors (Lipinski definition) is 1. The summed E-state index contributed by atoms with van der Waals surface area (Å²) < 4.78 is 0. The summed E-state index contributed by atoms with van der Waals surface area (Å²) in [7, 11) is 0. The Morgan fingerprint density at radius 2 is 1.76 bits per heavy atom. The van der Waals surface area contributed by atoms with Crippen LogP contribution in [0.25, 0.3) is 22.2 Å². The molecule has 3 aromatic rings. The Morgan fingerprint density at radius 3 is 2.48 bits per heavy atom. The van der Waals surface area contributed by atoms with Crippen LogP contribution in [0, 0.1) is 11.8 Å². The number of aliphatic imine (C=N–C) groups is 1. The van der Waals surface area contributed by atoms with Crippen LogP contribution in [0.3, 0.4) is 0 Å². The minimum atomic E-state index is -0.778. The quantitative estimate of drug-likeness (QED) is 0.658. The topological polar surface area (TPSA) is 81.7 Å². The number of nitrogens with zero attached hydrogens (tertiary/aromatic N) is 4. The molecule has 1 saturated carbocycles. The number of carbonyl (C=O) groups excluding carboxylic acids is 2. The molecule has 0 atom stereocenters. The average Bonchev–Trinajstić information content (AvgIpc) is 3.51. The molecule has 7 heteroatoms. The van der Waals surface area contributed by atoms with E-state index in [9.17, 15) is 9.59 Å². The van der Waals surface area contributed by atoms with Gasteiger partial charge in [-0.2, -0.15) is 5.10 Å². The van der Waals surface area contributed by atoms with Gasteiger partial charge in [-0.05, 0) is 32.8 Å². The lowest BCUT2D eigenvalue weighted by Gasteiger charge is -2.41. The van der Waals surface area contributed by atoms with Crippen molar-refractivity contribution in [2.75, 3.05) is 19.6 Å². The molecule has 2 fully saturated rings. The van der Waals surface area contributed by atoms with Gasteiger partial charge in [0.05, 0.1) is 11.2 Å². The predicted molar refractivity (Wildman–Crippen MR) is 127 cm³/mol. The number of aromatic nitrogens is 2. The van der Waals surface area contributed by atoms with E-state index in [0.29, 0.717) is 12.5 Å². The average molecular weight is 442 g/mol. The molecule has 1 N–H and O–H groups in total. The molecule has 0 radical (unpaired) electrons. The zero-order valence-electron chi connectivity index (χ0n) is 18.9. The van der Waals surface area contributed by atoms with Gasteiger partial charge in [0.2, 0.25) is 5.91 Å². The molecule has 7 nitrogen and oxygen atoms in total. The third-order valence-corrected chi connectivity index (χ3v) is 6.93. The summed E-state index contributed by atoms with van der Waals surface area (Å²) in [5.41, 5.74) is 3.07. The molecule has 2 aromatic carbocycles. The largest absolute Gasteiger partial charge is 0.342 e. The number of carbonyl (C=O) groups is 2. The third kappa shape index (κ3) is 3.43. The van der Waals surface area contributed by atoms with Crippen LogP contribution in [-0.2, 0) is 9.59 Å². The number of aromatic amines is 1. The SMILES string of the molecule is CC1(C)N=C(c2ccc(-c3n[nH]c4ccccc34)cc2)N(CC2CN(C(=O)C3CC3)C2)C1=O. The van der Waals surface area contributed by atoms with E-state index in [2.05, 4.69) is 16.3 Å². The molecule has 0 bridgehead atoms. The summed E-state index contributed by atoms with van der Waals surface area (Å²) in [5.74, 6) is 1.57. The van der Waals surface area contributed by atoms with Crippen molar-refractivity contribution in [3.05, 3.63) is 54.1 Å². The van der Waals surface area contributed by atoms with Crippen molar-refractivity contribution >= 4 is 28.6 Å². The van der Waals surface area contributed by atoms with Crippen LogP contribution in [0.15, 0.2) is 53.5 Å². The highest BCUT2D eigenvalue weighted by Gasteiger charge is 2.45. The van der Waals surface area contributed by atoms with Gasteiger partial charge < -0.3 is 4.90 Å². The van der Waals surface area contributed by atoms with E-state index in [-0.39, 0.29) is 17.7 Å². The van der Waals surface area contributed by atoms with E-state index in [1.807, 2.05) is 66.1 Å². The molecule has 168 valence electrons. The van der Waals surface area contributed by atoms with Crippen molar-refractivity contribution < 1.29 is 9.59 Å². The van der Waals surface area contributed by atoms with Crippen LogP contribution in [0.5, 0.6) is 0 Å². The molecule has 2 amide bonds. The summed E-state index contributed by atoms with van der Waals surface area (Å²) >= 11 is 0. The van der Waals surface area contributed by atoms with Gasteiger partial charge in [-0.3, -0.25) is 24.6 Å². The van der Waals surface area contributed by atoms with Gasteiger partial charge in [0.25, 0.3) is 5.91 Å². The van der Waals surface area contributed by atoms with E-state index in [1.54, 1.807) is 0 Å². The van der Waals surface area contributed by atoms with Crippen molar-refractivity contribution in [3.63, 3.8) is 0 Å². The number of para-hydroxylation sites is 1. The number of nitrogens with one attached hydrogen (secondary N) is 1. The first-order valence-electron chi connectivity index (χ1n) is 11.7. The number of amides is 2. The maximum atomic E-state index is 13.1. The second-order valence-corrected chi connectivity index (χ2v) is 9.99. The Kier molecular flexibility index (Phi) is 4.44. The number of H-pyrrole nitrogens is 1. The first-order chi connectivity index (χ1) is 15.9. The lowest BCUT2D eigenvalue weighted by Crippen LogP contribution is -2.55. The Balaban J connectivity index is 1.22. The predicted octanol–water partition coefficient (Wildman–Crippen LogP) is 3.47. The molecule has 0 spiro atoms. The fraction of sp³-hybridized carbons (Fsp3) is 0.385. The highest BCUT2D eigenvalue weighted by Crippen LogP contribution is 2.35. The van der Waals surface area contributed by atoms with Crippen molar-refractivity contribution in [2.24, 2.45) is 16.8 Å². The van der Waals surface area contributed by atoms with Gasteiger partial charge >= 0.3 is 0 Å². The molecule has 3 heterocycles. The van der Waals surface area contributed by atoms with Crippen LogP contribution in [0.1, 0.15) is 32.3 Å². The van der Waals surface area contributed by atoms with E-state index < -0.39 is 5.54 Å². The highest BCUT2D eigenvalue weighted by molar-refractivity contribution is 6.15. The first kappa shape index (κ1) is 20.1. The third-order valence-electron chi connectivity index (χ3n) is 6.93. The number of hydrogen-bond acceptors (Lipinski definition) is 4. The van der Waals surface area contributed by atoms with Crippen LogP contribution in [0.4, 0.5) is 0 Å². The number of amidine groups is 1. The summed E-state index contributed by atoms with van der Waals surface area (Å²) in [6.07, 6.45) is 2.05. The fourth-order valence-corrected chi connectivity index (χ4v) is 4.86. The monoisotopic (exact) mass is 441 g/mol. The summed E-state index contributed by atoms with van der Waals surface area (Å²) in [5, 5.41) is 8.65. The number of benzene rings is 2. The lowest BCUT2D eigenvalue weighted by atomic mass is 9.97. The van der Waals surface area contributed by atoms with Crippen LogP contribution >= 0.6 is 0 Å². The Hall–Kier alpha value is -3.48. The van der Waals surface area contributed by atoms with E-state index in [0.717, 1.165) is 59.5 Å². The summed E-state index contributed by atoms with van der Waals surface area (Å²) in [6.45, 7) is 5.80. The van der Waals surface area contributed by atoms with Gasteiger partial charge in [0.1, 0.15) is 11.4 Å². The highest BCUT2D eigenvalue weighted by atomic mass is 16.2. The van der Waals surface area contributed by atoms with Crippen molar-refractivity contribution in [3.8, 4) is 11.3 Å². The second-order valence-electron chi connectivity index (χ2n) is 9.99. The first-order valence-corrected chi connectivity index (χ1v) is 11.7. The van der Waals surface area contributed by atoms with Crippen molar-refractivity contribution in [1.29, 1.82) is 0 Å². The van der Waals surface area contributed by atoms with Gasteiger partial charge in [-0.15, -0.1) is 0 Å². The van der Waals surface area contributed by atoms with Crippen molar-refractivity contribution in [2.45, 2.75) is 32.2 Å². The smallest absolute Gasteiger partial charge is 0.255 e. The van der Waals surface area contributed by atoms with Gasteiger partial charge in [0, 0.05) is 48.0 Å². The molecule has 2 aliphatic heterocycles. The van der Waals surface area contributed by atoms with Crippen LogP contribution < -0.4 is 0 Å². The normalized spacial score (nSPS) is 20.3. The van der Waals surface area contributed by atoms with Gasteiger partial charge in [0.15, 0.2) is 0 Å². The van der Waals surface area contributed by atoms with Crippen LogP contribution in [0.2, 0.25) is 0 Å². The molecule has 33 heavy (non-hydrogen) atoms. The minimum absolute atomic E-state index is 0.0202. The zero-order chi connectivity index (χ0) is 22.7. The Labute approximate surface area is 192 Å². The molecule has 1 aliphatic carbocycles. The maximum absolute atomic E-state index is 13.1. The van der Waals surface area contributed by atoms with Gasteiger partial charge in [-0.1, -0.05) is 42.5 Å². The van der Waals surface area contributed by atoms with Gasteiger partial charge in [-0.25, -0.2) is 0 Å². The van der Waals surface area contributed by atoms with E-state index in [4.69, 9.17) is 4.99 Å². The van der Waals surface area contributed by atoms with E-state index >= 15 is 0 Å².